The molecule has 0 aliphatic carbocycles. The summed E-state index contributed by atoms with van der Waals surface area (Å²) in [7, 11) is -3.70. The number of hydrogen-bond donors (Lipinski definition) is 2. The van der Waals surface area contributed by atoms with Gasteiger partial charge in [-0.2, -0.15) is 0 Å². The van der Waals surface area contributed by atoms with E-state index in [1.165, 1.54) is 18.2 Å². The van der Waals surface area contributed by atoms with Gasteiger partial charge in [0.1, 0.15) is 5.76 Å². The van der Waals surface area contributed by atoms with E-state index in [2.05, 4.69) is 9.88 Å². The van der Waals surface area contributed by atoms with Crippen LogP contribution in [0.1, 0.15) is 11.3 Å². The van der Waals surface area contributed by atoms with Crippen molar-refractivity contribution in [2.45, 2.75) is 18.7 Å². The second-order valence-corrected chi connectivity index (χ2v) is 5.69. The van der Waals surface area contributed by atoms with Crippen molar-refractivity contribution in [2.24, 2.45) is 0 Å². The average Bonchev–Trinajstić information content (AvgIpc) is 2.61. The lowest BCUT2D eigenvalue weighted by molar-refractivity contribution is 0.400. The quantitative estimate of drug-likeness (QED) is 0.824. The first kappa shape index (κ1) is 12.4. The molecule has 3 N–H and O–H groups in total. The molecule has 0 aliphatic heterocycles. The summed E-state index contributed by atoms with van der Waals surface area (Å²) < 4.78 is 31.2. The molecule has 0 saturated carbocycles. The van der Waals surface area contributed by atoms with E-state index in [0.717, 1.165) is 5.56 Å². The zero-order valence-electron chi connectivity index (χ0n) is 9.97. The lowest BCUT2D eigenvalue weighted by Gasteiger charge is -2.06. The fraction of sp³-hybridized carbons (Fsp3) is 0.182. The first-order chi connectivity index (χ1) is 8.37. The second kappa shape index (κ2) is 4.34. The number of nitrogens with one attached hydrogen (secondary N) is 1. The van der Waals surface area contributed by atoms with Crippen molar-refractivity contribution in [1.29, 1.82) is 0 Å². The van der Waals surface area contributed by atoms with Gasteiger partial charge >= 0.3 is 0 Å². The minimum absolute atomic E-state index is 0.0978. The Hall–Kier alpha value is -2.02. The molecule has 0 saturated heterocycles. The summed E-state index contributed by atoms with van der Waals surface area (Å²) in [5, 5.41) is 3.57. The molecule has 96 valence electrons. The number of nitrogens with two attached hydrogens (primary N) is 1. The highest BCUT2D eigenvalue weighted by molar-refractivity contribution is 7.92. The van der Waals surface area contributed by atoms with Gasteiger partial charge in [-0.1, -0.05) is 5.16 Å². The molecule has 1 aromatic heterocycles. The summed E-state index contributed by atoms with van der Waals surface area (Å²) in [4.78, 5) is 0.0978. The molecule has 2 rings (SSSR count). The van der Waals surface area contributed by atoms with Crippen LogP contribution >= 0.6 is 0 Å². The van der Waals surface area contributed by atoms with Gasteiger partial charge in [-0.05, 0) is 37.6 Å². The number of nitrogens with zero attached hydrogens (tertiary/aromatic N) is 1. The van der Waals surface area contributed by atoms with Crippen LogP contribution in [0.3, 0.4) is 0 Å². The van der Waals surface area contributed by atoms with Crippen molar-refractivity contribution >= 4 is 21.5 Å². The third-order valence-corrected chi connectivity index (χ3v) is 3.58. The fourth-order valence-corrected chi connectivity index (χ4v) is 2.66. The zero-order chi connectivity index (χ0) is 13.3. The Morgan fingerprint density at radius 1 is 1.22 bits per heavy atom. The summed E-state index contributed by atoms with van der Waals surface area (Å²) in [5.41, 5.74) is 6.79. The Bertz CT molecular complexity index is 656. The topological polar surface area (TPSA) is 98.2 Å². The Labute approximate surface area is 105 Å². The molecule has 0 radical (unpaired) electrons. The van der Waals surface area contributed by atoms with Gasteiger partial charge in [-0.3, -0.25) is 4.72 Å². The maximum atomic E-state index is 12.1. The maximum Gasteiger partial charge on any atom is 0.263 e. The molecular weight excluding hydrogens is 254 g/mol. The van der Waals surface area contributed by atoms with Crippen LogP contribution < -0.4 is 10.5 Å². The number of sulfonamides is 1. The summed E-state index contributed by atoms with van der Waals surface area (Å²) in [6.07, 6.45) is 0. The minimum atomic E-state index is -3.70. The molecule has 0 bridgehead atoms. The van der Waals surface area contributed by atoms with Crippen LogP contribution in [0.15, 0.2) is 33.7 Å². The fourth-order valence-electron chi connectivity index (χ4n) is 1.54. The normalized spacial score (nSPS) is 11.4. The number of hydrogen-bond acceptors (Lipinski definition) is 5. The predicted molar refractivity (Wildman–Crippen MR) is 67.6 cm³/mol. The van der Waals surface area contributed by atoms with E-state index in [4.69, 9.17) is 10.3 Å². The maximum absolute atomic E-state index is 12.1. The highest BCUT2D eigenvalue weighted by atomic mass is 32.2. The molecule has 7 heteroatoms. The first-order valence-electron chi connectivity index (χ1n) is 5.20. The van der Waals surface area contributed by atoms with Gasteiger partial charge in [0.25, 0.3) is 10.0 Å². The molecule has 0 spiro atoms. The van der Waals surface area contributed by atoms with E-state index in [1.54, 1.807) is 19.9 Å². The zero-order valence-corrected chi connectivity index (χ0v) is 10.8. The van der Waals surface area contributed by atoms with Crippen molar-refractivity contribution < 1.29 is 12.9 Å². The van der Waals surface area contributed by atoms with Gasteiger partial charge in [-0.15, -0.1) is 0 Å². The van der Waals surface area contributed by atoms with Crippen LogP contribution in [0.5, 0.6) is 0 Å². The Kier molecular flexibility index (Phi) is 3.00. The number of aromatic nitrogens is 1. The molecule has 6 nitrogen and oxygen atoms in total. The van der Waals surface area contributed by atoms with Gasteiger partial charge in [0.15, 0.2) is 5.82 Å². The average molecular weight is 267 g/mol. The molecule has 0 fully saturated rings. The van der Waals surface area contributed by atoms with Gasteiger partial charge in [-0.25, -0.2) is 8.42 Å². The number of nitrogen functional groups attached to an aromatic ring is 1. The smallest absolute Gasteiger partial charge is 0.263 e. The van der Waals surface area contributed by atoms with Crippen molar-refractivity contribution in [3.63, 3.8) is 0 Å². The molecule has 2 aromatic rings. The van der Waals surface area contributed by atoms with Gasteiger partial charge in [0, 0.05) is 11.8 Å². The second-order valence-electron chi connectivity index (χ2n) is 4.01. The molecule has 1 heterocycles. The molecular formula is C11H13N3O3S. The van der Waals surface area contributed by atoms with E-state index in [9.17, 15) is 8.42 Å². The minimum Gasteiger partial charge on any atom is -0.399 e. The Morgan fingerprint density at radius 3 is 2.50 bits per heavy atom. The third-order valence-electron chi connectivity index (χ3n) is 2.25. The molecule has 0 atom stereocenters. The highest BCUT2D eigenvalue weighted by Gasteiger charge is 2.16. The monoisotopic (exact) mass is 267 g/mol. The standard InChI is InChI=1S/C11H13N3O3S/c1-7-3-9(12)6-10(4-7)18(15,16)14-11-5-8(2)17-13-11/h3-6H,12H2,1-2H3,(H,13,14). The summed E-state index contributed by atoms with van der Waals surface area (Å²) >= 11 is 0. The van der Waals surface area contributed by atoms with Crippen molar-refractivity contribution in [1.82, 2.24) is 5.16 Å². The van der Waals surface area contributed by atoms with E-state index < -0.39 is 10.0 Å². The summed E-state index contributed by atoms with van der Waals surface area (Å²) in [5.74, 6) is 0.670. The van der Waals surface area contributed by atoms with E-state index in [0.29, 0.717) is 11.4 Å². The Balaban J connectivity index is 2.36. The molecule has 0 aliphatic rings. The number of anilines is 2. The van der Waals surface area contributed by atoms with Crippen LogP contribution in [-0.2, 0) is 10.0 Å². The summed E-state index contributed by atoms with van der Waals surface area (Å²) in [6.45, 7) is 3.45. The lowest BCUT2D eigenvalue weighted by Crippen LogP contribution is -2.13. The number of aryl methyl sites for hydroxylation is 2. The number of rotatable bonds is 3. The molecule has 0 unspecified atom stereocenters. The van der Waals surface area contributed by atoms with Gasteiger partial charge < -0.3 is 10.3 Å². The SMILES string of the molecule is Cc1cc(N)cc(S(=O)(=O)Nc2cc(C)on2)c1. The van der Waals surface area contributed by atoms with E-state index in [1.807, 2.05) is 0 Å². The van der Waals surface area contributed by atoms with Gasteiger partial charge in [0.05, 0.1) is 4.90 Å². The number of benzene rings is 1. The third kappa shape index (κ3) is 2.62. The van der Waals surface area contributed by atoms with Crippen LogP contribution in [0, 0.1) is 13.8 Å². The Morgan fingerprint density at radius 2 is 1.94 bits per heavy atom. The van der Waals surface area contributed by atoms with E-state index >= 15 is 0 Å². The molecule has 18 heavy (non-hydrogen) atoms. The van der Waals surface area contributed by atoms with Gasteiger partial charge in [0.2, 0.25) is 0 Å². The van der Waals surface area contributed by atoms with Crippen LogP contribution in [0.4, 0.5) is 11.5 Å². The van der Waals surface area contributed by atoms with Crippen molar-refractivity contribution in [3.05, 3.63) is 35.6 Å². The first-order valence-corrected chi connectivity index (χ1v) is 6.68. The largest absolute Gasteiger partial charge is 0.399 e. The van der Waals surface area contributed by atoms with Crippen LogP contribution in [0.2, 0.25) is 0 Å². The predicted octanol–water partition coefficient (Wildman–Crippen LogP) is 1.67. The molecule has 0 amide bonds. The molecule has 1 aromatic carbocycles. The van der Waals surface area contributed by atoms with Crippen molar-refractivity contribution in [3.8, 4) is 0 Å². The highest BCUT2D eigenvalue weighted by Crippen LogP contribution is 2.19. The summed E-state index contributed by atoms with van der Waals surface area (Å²) in [6, 6.07) is 6.11. The van der Waals surface area contributed by atoms with E-state index in [-0.39, 0.29) is 10.7 Å². The van der Waals surface area contributed by atoms with Crippen LogP contribution in [-0.4, -0.2) is 13.6 Å². The van der Waals surface area contributed by atoms with Crippen LogP contribution in [0.25, 0.3) is 0 Å². The lowest BCUT2D eigenvalue weighted by atomic mass is 10.2. The van der Waals surface area contributed by atoms with Crippen molar-refractivity contribution in [2.75, 3.05) is 10.5 Å².